The number of benzene rings is 1. The summed E-state index contributed by atoms with van der Waals surface area (Å²) in [6.07, 6.45) is -0.00859. The molecule has 0 aromatic heterocycles. The highest BCUT2D eigenvalue weighted by Crippen LogP contribution is 2.24. The van der Waals surface area contributed by atoms with Crippen molar-refractivity contribution in [1.82, 2.24) is 0 Å². The van der Waals surface area contributed by atoms with Crippen molar-refractivity contribution < 1.29 is 19.1 Å². The lowest BCUT2D eigenvalue weighted by Crippen LogP contribution is -2.09. The molecule has 5 nitrogen and oxygen atoms in total. The van der Waals surface area contributed by atoms with Crippen molar-refractivity contribution in [3.8, 4) is 0 Å². The van der Waals surface area contributed by atoms with Gasteiger partial charge in [-0.2, -0.15) is 0 Å². The van der Waals surface area contributed by atoms with Gasteiger partial charge >= 0.3 is 5.97 Å². The van der Waals surface area contributed by atoms with E-state index < -0.39 is 5.97 Å². The van der Waals surface area contributed by atoms with Gasteiger partial charge in [-0.1, -0.05) is 0 Å². The molecule has 0 saturated heterocycles. The lowest BCUT2D eigenvalue weighted by Gasteiger charge is -2.02. The monoisotopic (exact) mass is 233 g/mol. The van der Waals surface area contributed by atoms with Gasteiger partial charge in [0.1, 0.15) is 6.42 Å². The van der Waals surface area contributed by atoms with Gasteiger partial charge in [0.25, 0.3) is 0 Å². The number of amides is 1. The molecule has 0 unspecified atom stereocenters. The Morgan fingerprint density at radius 1 is 1.41 bits per heavy atom. The average molecular weight is 233 g/mol. The van der Waals surface area contributed by atoms with Gasteiger partial charge in [-0.3, -0.25) is 14.4 Å². The molecule has 1 amide bonds. The first-order chi connectivity index (χ1) is 8.10. The highest BCUT2D eigenvalue weighted by molar-refractivity contribution is 6.07. The van der Waals surface area contributed by atoms with Crippen LogP contribution in [0.5, 0.6) is 0 Å². The topological polar surface area (TPSA) is 72.5 Å². The van der Waals surface area contributed by atoms with Gasteiger partial charge in [-0.15, -0.1) is 0 Å². The molecule has 1 aromatic rings. The summed E-state index contributed by atoms with van der Waals surface area (Å²) in [6, 6.07) is 4.90. The molecular formula is C12H11NO4. The Balaban J connectivity index is 2.18. The zero-order valence-electron chi connectivity index (χ0n) is 9.28. The fourth-order valence-corrected chi connectivity index (χ4v) is 1.71. The third-order valence-corrected chi connectivity index (χ3v) is 2.58. The van der Waals surface area contributed by atoms with Gasteiger partial charge in [0.15, 0.2) is 5.78 Å². The first-order valence-electron chi connectivity index (χ1n) is 5.13. The fourth-order valence-electron chi connectivity index (χ4n) is 1.71. The maximum atomic E-state index is 11.7. The van der Waals surface area contributed by atoms with Crippen molar-refractivity contribution >= 4 is 23.3 Å². The number of esters is 1. The number of hydrogen-bond acceptors (Lipinski definition) is 4. The molecule has 0 fully saturated rings. The molecule has 5 heteroatoms. The largest absolute Gasteiger partial charge is 0.469 e. The van der Waals surface area contributed by atoms with E-state index in [1.165, 1.54) is 7.11 Å². The number of methoxy groups -OCH3 is 1. The summed E-state index contributed by atoms with van der Waals surface area (Å²) in [4.78, 5) is 33.8. The first kappa shape index (κ1) is 11.3. The van der Waals surface area contributed by atoms with Gasteiger partial charge in [-0.05, 0) is 23.8 Å². The van der Waals surface area contributed by atoms with Crippen LogP contribution in [-0.2, 0) is 20.7 Å². The average Bonchev–Trinajstić information content (AvgIpc) is 2.67. The molecule has 0 aliphatic carbocycles. The number of ketones is 1. The Hall–Kier alpha value is -2.17. The third kappa shape index (κ3) is 2.33. The van der Waals surface area contributed by atoms with Crippen molar-refractivity contribution in [1.29, 1.82) is 0 Å². The first-order valence-corrected chi connectivity index (χ1v) is 5.13. The number of anilines is 1. The summed E-state index contributed by atoms with van der Waals surface area (Å²) in [7, 11) is 1.24. The van der Waals surface area contributed by atoms with E-state index in [1.807, 2.05) is 0 Å². The number of fused-ring (bicyclic) bond motifs is 1. The van der Waals surface area contributed by atoms with Crippen LogP contribution in [0, 0.1) is 0 Å². The maximum absolute atomic E-state index is 11.7. The second-order valence-electron chi connectivity index (χ2n) is 3.77. The van der Waals surface area contributed by atoms with Crippen molar-refractivity contribution in [3.63, 3.8) is 0 Å². The standard InChI is InChI=1S/C12H11NO4/c1-17-12(16)6-10(14)7-2-3-9-8(4-7)5-11(15)13-9/h2-4H,5-6H2,1H3,(H,13,15). The number of ether oxygens (including phenoxy) is 1. The summed E-state index contributed by atoms with van der Waals surface area (Å²) >= 11 is 0. The Morgan fingerprint density at radius 3 is 2.88 bits per heavy atom. The van der Waals surface area contributed by atoms with Crippen LogP contribution in [-0.4, -0.2) is 24.8 Å². The van der Waals surface area contributed by atoms with Gasteiger partial charge in [0.05, 0.1) is 13.5 Å². The zero-order chi connectivity index (χ0) is 12.4. The Labute approximate surface area is 97.8 Å². The van der Waals surface area contributed by atoms with Crippen molar-refractivity contribution in [2.24, 2.45) is 0 Å². The smallest absolute Gasteiger partial charge is 0.313 e. The molecule has 0 atom stereocenters. The summed E-state index contributed by atoms with van der Waals surface area (Å²) in [5.74, 6) is -0.957. The van der Waals surface area contributed by atoms with E-state index in [0.717, 1.165) is 11.3 Å². The SMILES string of the molecule is COC(=O)CC(=O)c1ccc2c(c1)CC(=O)N2. The van der Waals surface area contributed by atoms with Crippen LogP contribution in [0.2, 0.25) is 0 Å². The molecule has 1 N–H and O–H groups in total. The lowest BCUT2D eigenvalue weighted by molar-refractivity contribution is -0.139. The van der Waals surface area contributed by atoms with E-state index in [9.17, 15) is 14.4 Å². The second-order valence-corrected chi connectivity index (χ2v) is 3.77. The van der Waals surface area contributed by atoms with Gasteiger partial charge in [-0.25, -0.2) is 0 Å². The number of Topliss-reactive ketones (excluding diaryl/α,β-unsaturated/α-hetero) is 1. The molecule has 0 radical (unpaired) electrons. The number of carbonyl (C=O) groups is 3. The van der Waals surface area contributed by atoms with Crippen LogP contribution in [0.3, 0.4) is 0 Å². The minimum atomic E-state index is -0.565. The molecular weight excluding hydrogens is 222 g/mol. The van der Waals surface area contributed by atoms with Crippen LogP contribution in [0.4, 0.5) is 5.69 Å². The molecule has 1 aliphatic rings. The number of rotatable bonds is 3. The van der Waals surface area contributed by atoms with E-state index in [4.69, 9.17) is 0 Å². The highest BCUT2D eigenvalue weighted by Gasteiger charge is 2.20. The van der Waals surface area contributed by atoms with Crippen LogP contribution >= 0.6 is 0 Å². The summed E-state index contributed by atoms with van der Waals surface area (Å²) in [5.41, 5.74) is 1.93. The zero-order valence-corrected chi connectivity index (χ0v) is 9.28. The molecule has 2 rings (SSSR count). The van der Waals surface area contributed by atoms with E-state index in [0.29, 0.717) is 5.56 Å². The maximum Gasteiger partial charge on any atom is 0.313 e. The molecule has 1 aliphatic heterocycles. The predicted molar refractivity (Wildman–Crippen MR) is 59.7 cm³/mol. The number of nitrogens with one attached hydrogen (secondary N) is 1. The number of hydrogen-bond donors (Lipinski definition) is 1. The molecule has 0 spiro atoms. The summed E-state index contributed by atoms with van der Waals surface area (Å²) in [5, 5.41) is 2.67. The van der Waals surface area contributed by atoms with Gasteiger partial charge in [0.2, 0.25) is 5.91 Å². The molecule has 88 valence electrons. The summed E-state index contributed by atoms with van der Waals surface area (Å²) in [6.45, 7) is 0. The van der Waals surface area contributed by atoms with Crippen LogP contribution in [0.15, 0.2) is 18.2 Å². The minimum Gasteiger partial charge on any atom is -0.469 e. The molecule has 1 aromatic carbocycles. The lowest BCUT2D eigenvalue weighted by atomic mass is 10.0. The van der Waals surface area contributed by atoms with Crippen molar-refractivity contribution in [2.45, 2.75) is 12.8 Å². The van der Waals surface area contributed by atoms with Crippen LogP contribution < -0.4 is 5.32 Å². The fraction of sp³-hybridized carbons (Fsp3) is 0.250. The van der Waals surface area contributed by atoms with E-state index in [1.54, 1.807) is 18.2 Å². The molecule has 17 heavy (non-hydrogen) atoms. The van der Waals surface area contributed by atoms with E-state index in [-0.39, 0.29) is 24.5 Å². The van der Waals surface area contributed by atoms with E-state index in [2.05, 4.69) is 10.1 Å². The second kappa shape index (κ2) is 4.37. The predicted octanol–water partition coefficient (Wildman–Crippen LogP) is 0.927. The summed E-state index contributed by atoms with van der Waals surface area (Å²) < 4.78 is 4.43. The Bertz CT molecular complexity index is 507. The van der Waals surface area contributed by atoms with E-state index >= 15 is 0 Å². The molecule has 1 heterocycles. The van der Waals surface area contributed by atoms with Crippen LogP contribution in [0.25, 0.3) is 0 Å². The van der Waals surface area contributed by atoms with Crippen LogP contribution in [0.1, 0.15) is 22.3 Å². The quantitative estimate of drug-likeness (QED) is 0.479. The Kier molecular flexibility index (Phi) is 2.91. The Morgan fingerprint density at radius 2 is 2.18 bits per heavy atom. The van der Waals surface area contributed by atoms with Gasteiger partial charge < -0.3 is 10.1 Å². The molecule has 0 bridgehead atoms. The van der Waals surface area contributed by atoms with Crippen molar-refractivity contribution in [2.75, 3.05) is 12.4 Å². The number of carbonyl (C=O) groups excluding carboxylic acids is 3. The van der Waals surface area contributed by atoms with Gasteiger partial charge in [0, 0.05) is 11.3 Å². The third-order valence-electron chi connectivity index (χ3n) is 2.58. The van der Waals surface area contributed by atoms with Crippen molar-refractivity contribution in [3.05, 3.63) is 29.3 Å². The normalized spacial score (nSPS) is 12.9. The molecule has 0 saturated carbocycles. The highest BCUT2D eigenvalue weighted by atomic mass is 16.5. The minimum absolute atomic E-state index is 0.0856.